The van der Waals surface area contributed by atoms with Crippen LogP contribution in [0, 0.1) is 6.92 Å². The maximum Gasteiger partial charge on any atom is 0.313 e. The highest BCUT2D eigenvalue weighted by atomic mass is 79.9. The summed E-state index contributed by atoms with van der Waals surface area (Å²) in [6.07, 6.45) is -2.70. The Morgan fingerprint density at radius 3 is 2.38 bits per heavy atom. The zero-order valence-corrected chi connectivity index (χ0v) is 9.96. The third-order valence-electron chi connectivity index (χ3n) is 2.10. The SMILES string of the molecule is Cc1ccc(-c2oc(C(F)F)nc2Br)cc1. The Hall–Kier alpha value is -1.23. The molecule has 0 aliphatic carbocycles. The van der Waals surface area contributed by atoms with E-state index in [2.05, 4.69) is 20.9 Å². The zero-order chi connectivity index (χ0) is 11.7. The van der Waals surface area contributed by atoms with Crippen LogP contribution < -0.4 is 0 Å². The standard InChI is InChI=1S/C11H8BrF2NO/c1-6-2-4-7(5-3-6)8-9(12)15-11(16-8)10(13)14/h2-5,10H,1H3. The van der Waals surface area contributed by atoms with Crippen molar-refractivity contribution in [2.75, 3.05) is 0 Å². The topological polar surface area (TPSA) is 26.0 Å². The molecule has 0 aliphatic rings. The van der Waals surface area contributed by atoms with Crippen molar-refractivity contribution in [1.82, 2.24) is 4.98 Å². The van der Waals surface area contributed by atoms with E-state index in [4.69, 9.17) is 4.42 Å². The van der Waals surface area contributed by atoms with Crippen LogP contribution in [0.25, 0.3) is 11.3 Å². The average molecular weight is 288 g/mol. The van der Waals surface area contributed by atoms with Crippen LogP contribution >= 0.6 is 15.9 Å². The van der Waals surface area contributed by atoms with Crippen molar-refractivity contribution in [2.45, 2.75) is 13.3 Å². The summed E-state index contributed by atoms with van der Waals surface area (Å²) in [6, 6.07) is 7.37. The van der Waals surface area contributed by atoms with Gasteiger partial charge in [0.15, 0.2) is 10.4 Å². The molecule has 2 nitrogen and oxygen atoms in total. The van der Waals surface area contributed by atoms with Crippen LogP contribution in [0.3, 0.4) is 0 Å². The molecule has 0 unspecified atom stereocenters. The molecular weight excluding hydrogens is 280 g/mol. The number of oxazole rings is 1. The second-order valence-corrected chi connectivity index (χ2v) is 4.09. The maximum absolute atomic E-state index is 12.4. The highest BCUT2D eigenvalue weighted by molar-refractivity contribution is 9.10. The summed E-state index contributed by atoms with van der Waals surface area (Å²) in [5.74, 6) is -0.238. The molecule has 84 valence electrons. The fourth-order valence-corrected chi connectivity index (χ4v) is 1.78. The van der Waals surface area contributed by atoms with Gasteiger partial charge in [-0.25, -0.2) is 4.98 Å². The summed E-state index contributed by atoms with van der Waals surface area (Å²) >= 11 is 3.10. The van der Waals surface area contributed by atoms with Gasteiger partial charge in [0, 0.05) is 5.56 Å². The van der Waals surface area contributed by atoms with Crippen molar-refractivity contribution in [3.05, 3.63) is 40.3 Å². The molecule has 0 bridgehead atoms. The Kier molecular flexibility index (Phi) is 3.05. The molecule has 1 aromatic carbocycles. The molecule has 0 amide bonds. The lowest BCUT2D eigenvalue weighted by Gasteiger charge is -1.97. The van der Waals surface area contributed by atoms with Gasteiger partial charge in [-0.3, -0.25) is 0 Å². The molecule has 0 aliphatic heterocycles. The third-order valence-corrected chi connectivity index (χ3v) is 2.64. The molecule has 16 heavy (non-hydrogen) atoms. The third kappa shape index (κ3) is 2.14. The smallest absolute Gasteiger partial charge is 0.313 e. The molecule has 2 aromatic rings. The van der Waals surface area contributed by atoms with E-state index >= 15 is 0 Å². The lowest BCUT2D eigenvalue weighted by molar-refractivity contribution is 0.116. The Balaban J connectivity index is 2.44. The molecule has 5 heteroatoms. The summed E-state index contributed by atoms with van der Waals surface area (Å²) < 4.78 is 30.0. The van der Waals surface area contributed by atoms with Gasteiger partial charge >= 0.3 is 6.43 Å². The van der Waals surface area contributed by atoms with Gasteiger partial charge in [-0.1, -0.05) is 29.8 Å². The van der Waals surface area contributed by atoms with Gasteiger partial charge in [0.25, 0.3) is 5.89 Å². The molecule has 0 radical (unpaired) electrons. The van der Waals surface area contributed by atoms with Gasteiger partial charge < -0.3 is 4.42 Å². The van der Waals surface area contributed by atoms with Crippen molar-refractivity contribution in [2.24, 2.45) is 0 Å². The number of aromatic nitrogens is 1. The quantitative estimate of drug-likeness (QED) is 0.821. The van der Waals surface area contributed by atoms with Gasteiger partial charge in [0.1, 0.15) is 0 Å². The van der Waals surface area contributed by atoms with E-state index in [9.17, 15) is 8.78 Å². The number of benzene rings is 1. The minimum absolute atomic E-state index is 0.298. The first kappa shape index (κ1) is 11.3. The van der Waals surface area contributed by atoms with E-state index in [1.54, 1.807) is 12.1 Å². The molecule has 0 fully saturated rings. The average Bonchev–Trinajstić information content (AvgIpc) is 2.62. The normalized spacial score (nSPS) is 11.1. The second kappa shape index (κ2) is 4.33. The van der Waals surface area contributed by atoms with Gasteiger partial charge in [-0.15, -0.1) is 0 Å². The Morgan fingerprint density at radius 2 is 1.88 bits per heavy atom. The predicted octanol–water partition coefficient (Wildman–Crippen LogP) is 4.35. The lowest BCUT2D eigenvalue weighted by atomic mass is 10.1. The molecule has 1 aromatic heterocycles. The summed E-state index contributed by atoms with van der Waals surface area (Å²) in [5.41, 5.74) is 1.81. The first-order chi connectivity index (χ1) is 7.58. The number of aryl methyl sites for hydroxylation is 1. The maximum atomic E-state index is 12.4. The molecular formula is C11H8BrF2NO. The van der Waals surface area contributed by atoms with Crippen molar-refractivity contribution < 1.29 is 13.2 Å². The highest BCUT2D eigenvalue weighted by Gasteiger charge is 2.19. The minimum atomic E-state index is -2.70. The van der Waals surface area contributed by atoms with Gasteiger partial charge in [0.2, 0.25) is 0 Å². The van der Waals surface area contributed by atoms with Crippen molar-refractivity contribution in [3.63, 3.8) is 0 Å². The number of hydrogen-bond acceptors (Lipinski definition) is 2. The zero-order valence-electron chi connectivity index (χ0n) is 8.38. The summed E-state index contributed by atoms with van der Waals surface area (Å²) in [5, 5.41) is 0. The lowest BCUT2D eigenvalue weighted by Crippen LogP contribution is -1.80. The van der Waals surface area contributed by atoms with E-state index in [1.165, 1.54) is 0 Å². The second-order valence-electron chi connectivity index (χ2n) is 3.34. The predicted molar refractivity (Wildman–Crippen MR) is 59.3 cm³/mol. The number of nitrogens with zero attached hydrogens (tertiary/aromatic N) is 1. The summed E-state index contributed by atoms with van der Waals surface area (Å²) in [7, 11) is 0. The molecule has 0 spiro atoms. The molecule has 0 N–H and O–H groups in total. The van der Waals surface area contributed by atoms with Gasteiger partial charge in [-0.2, -0.15) is 8.78 Å². The largest absolute Gasteiger partial charge is 0.434 e. The van der Waals surface area contributed by atoms with Crippen LogP contribution in [-0.4, -0.2) is 4.98 Å². The monoisotopic (exact) mass is 287 g/mol. The molecule has 0 saturated carbocycles. The van der Waals surface area contributed by atoms with E-state index in [-0.39, 0.29) is 0 Å². The van der Waals surface area contributed by atoms with E-state index in [0.29, 0.717) is 10.4 Å². The van der Waals surface area contributed by atoms with E-state index in [1.807, 2.05) is 19.1 Å². The Bertz CT molecular complexity index is 493. The fourth-order valence-electron chi connectivity index (χ4n) is 1.29. The molecule has 1 heterocycles. The van der Waals surface area contributed by atoms with Crippen LogP contribution in [-0.2, 0) is 0 Å². The Labute approximate surface area is 99.4 Å². The summed E-state index contributed by atoms with van der Waals surface area (Å²) in [6.45, 7) is 1.95. The number of rotatable bonds is 2. The molecule has 0 atom stereocenters. The first-order valence-corrected chi connectivity index (χ1v) is 5.38. The van der Waals surface area contributed by atoms with Gasteiger partial charge in [0.05, 0.1) is 0 Å². The van der Waals surface area contributed by atoms with Crippen LogP contribution in [0.4, 0.5) is 8.78 Å². The first-order valence-electron chi connectivity index (χ1n) is 4.59. The van der Waals surface area contributed by atoms with Crippen molar-refractivity contribution in [1.29, 1.82) is 0 Å². The van der Waals surface area contributed by atoms with Crippen LogP contribution in [0.5, 0.6) is 0 Å². The highest BCUT2D eigenvalue weighted by Crippen LogP contribution is 2.32. The van der Waals surface area contributed by atoms with Crippen molar-refractivity contribution in [3.8, 4) is 11.3 Å². The number of alkyl halides is 2. The number of halogens is 3. The van der Waals surface area contributed by atoms with E-state index in [0.717, 1.165) is 11.1 Å². The minimum Gasteiger partial charge on any atom is -0.434 e. The van der Waals surface area contributed by atoms with Crippen molar-refractivity contribution >= 4 is 15.9 Å². The number of hydrogen-bond donors (Lipinski definition) is 0. The molecule has 2 rings (SSSR count). The Morgan fingerprint density at radius 1 is 1.25 bits per heavy atom. The van der Waals surface area contributed by atoms with Crippen LogP contribution in [0.2, 0.25) is 0 Å². The molecule has 0 saturated heterocycles. The van der Waals surface area contributed by atoms with Crippen LogP contribution in [0.15, 0.2) is 33.3 Å². The van der Waals surface area contributed by atoms with Gasteiger partial charge in [-0.05, 0) is 22.9 Å². The van der Waals surface area contributed by atoms with Crippen LogP contribution in [0.1, 0.15) is 17.9 Å². The fraction of sp³-hybridized carbons (Fsp3) is 0.182. The van der Waals surface area contributed by atoms with E-state index < -0.39 is 12.3 Å². The summed E-state index contributed by atoms with van der Waals surface area (Å²) in [4.78, 5) is 3.61.